The Morgan fingerprint density at radius 2 is 2.10 bits per heavy atom. The molecule has 0 saturated heterocycles. The van der Waals surface area contributed by atoms with Crippen LogP contribution in [-0.2, 0) is 16.0 Å². The van der Waals surface area contributed by atoms with E-state index in [1.54, 1.807) is 0 Å². The van der Waals surface area contributed by atoms with E-state index in [0.717, 1.165) is 23.2 Å². The van der Waals surface area contributed by atoms with Gasteiger partial charge < -0.3 is 20.1 Å². The van der Waals surface area contributed by atoms with Crippen molar-refractivity contribution in [2.75, 3.05) is 32.1 Å². The molecule has 0 spiro atoms. The summed E-state index contributed by atoms with van der Waals surface area (Å²) >= 11 is 0. The molecule has 6 heteroatoms. The maximum atomic E-state index is 12.3. The fourth-order valence-electron chi connectivity index (χ4n) is 2.01. The Kier molecular flexibility index (Phi) is 6.68. The number of hydrogen-bond acceptors (Lipinski definition) is 3. The minimum atomic E-state index is -1.05. The standard InChI is InChI=1S/C15H22N2O4/c1-4-12-7-5-6-11(2)14(12)16-15(20)17(8-9-21-3)10-13(18)19/h5-7H,4,8-10H2,1-3H3,(H,16,20)(H,18,19). The Bertz CT molecular complexity index is 502. The molecule has 0 aliphatic heterocycles. The molecule has 0 aliphatic carbocycles. The summed E-state index contributed by atoms with van der Waals surface area (Å²) in [6.07, 6.45) is 0.786. The first-order valence-corrected chi connectivity index (χ1v) is 6.84. The van der Waals surface area contributed by atoms with Crippen LogP contribution in [0.1, 0.15) is 18.1 Å². The van der Waals surface area contributed by atoms with Crippen LogP contribution in [0.2, 0.25) is 0 Å². The van der Waals surface area contributed by atoms with Gasteiger partial charge in [-0.15, -0.1) is 0 Å². The Morgan fingerprint density at radius 3 is 2.67 bits per heavy atom. The largest absolute Gasteiger partial charge is 0.480 e. The van der Waals surface area contributed by atoms with Crippen LogP contribution < -0.4 is 5.32 Å². The van der Waals surface area contributed by atoms with Gasteiger partial charge in [-0.25, -0.2) is 4.79 Å². The SMILES string of the molecule is CCc1cccc(C)c1NC(=O)N(CCOC)CC(=O)O. The molecule has 1 aromatic carbocycles. The highest BCUT2D eigenvalue weighted by molar-refractivity contribution is 5.92. The van der Waals surface area contributed by atoms with Crippen molar-refractivity contribution in [1.29, 1.82) is 0 Å². The molecule has 1 rings (SSSR count). The van der Waals surface area contributed by atoms with Crippen molar-refractivity contribution in [2.45, 2.75) is 20.3 Å². The highest BCUT2D eigenvalue weighted by Gasteiger charge is 2.18. The number of rotatable bonds is 7. The van der Waals surface area contributed by atoms with Crippen molar-refractivity contribution >= 4 is 17.7 Å². The van der Waals surface area contributed by atoms with E-state index < -0.39 is 12.0 Å². The molecule has 0 aromatic heterocycles. The van der Waals surface area contributed by atoms with Gasteiger partial charge in [0.2, 0.25) is 0 Å². The molecule has 0 fully saturated rings. The Labute approximate surface area is 124 Å². The maximum Gasteiger partial charge on any atom is 0.323 e. The minimum absolute atomic E-state index is 0.224. The predicted octanol–water partition coefficient (Wildman–Crippen LogP) is 2.12. The lowest BCUT2D eigenvalue weighted by molar-refractivity contribution is -0.137. The zero-order chi connectivity index (χ0) is 15.8. The molecule has 1 aromatic rings. The molecule has 2 amide bonds. The summed E-state index contributed by atoms with van der Waals surface area (Å²) in [5, 5.41) is 11.7. The van der Waals surface area contributed by atoms with E-state index in [1.807, 2.05) is 32.0 Å². The first-order chi connectivity index (χ1) is 9.99. The second-order valence-electron chi connectivity index (χ2n) is 4.70. The molecule has 21 heavy (non-hydrogen) atoms. The van der Waals surface area contributed by atoms with Crippen LogP contribution in [0.5, 0.6) is 0 Å². The summed E-state index contributed by atoms with van der Waals surface area (Å²) in [7, 11) is 1.51. The smallest absolute Gasteiger partial charge is 0.323 e. The van der Waals surface area contributed by atoms with Crippen molar-refractivity contribution in [3.05, 3.63) is 29.3 Å². The number of carbonyl (C=O) groups excluding carboxylic acids is 1. The summed E-state index contributed by atoms with van der Waals surface area (Å²) < 4.78 is 4.91. The van der Waals surface area contributed by atoms with Gasteiger partial charge in [0, 0.05) is 19.3 Å². The first kappa shape index (κ1) is 17.0. The van der Waals surface area contributed by atoms with Crippen molar-refractivity contribution in [3.8, 4) is 0 Å². The summed E-state index contributed by atoms with van der Waals surface area (Å²) in [5.74, 6) is -1.05. The molecule has 116 valence electrons. The Morgan fingerprint density at radius 1 is 1.38 bits per heavy atom. The van der Waals surface area contributed by atoms with E-state index in [-0.39, 0.29) is 19.7 Å². The number of benzene rings is 1. The number of methoxy groups -OCH3 is 1. The number of aryl methyl sites for hydroxylation is 2. The van der Waals surface area contributed by atoms with Crippen LogP contribution in [0.25, 0.3) is 0 Å². The molecule has 0 radical (unpaired) electrons. The average Bonchev–Trinajstić information content (AvgIpc) is 2.45. The highest BCUT2D eigenvalue weighted by atomic mass is 16.5. The van der Waals surface area contributed by atoms with Gasteiger partial charge >= 0.3 is 12.0 Å². The number of para-hydroxylation sites is 1. The van der Waals surface area contributed by atoms with Crippen LogP contribution in [-0.4, -0.2) is 48.8 Å². The van der Waals surface area contributed by atoms with Crippen molar-refractivity contribution < 1.29 is 19.4 Å². The van der Waals surface area contributed by atoms with Crippen molar-refractivity contribution in [1.82, 2.24) is 4.90 Å². The van der Waals surface area contributed by atoms with Gasteiger partial charge in [0.15, 0.2) is 0 Å². The average molecular weight is 294 g/mol. The van der Waals surface area contributed by atoms with Gasteiger partial charge in [0.25, 0.3) is 0 Å². The van der Waals surface area contributed by atoms with Gasteiger partial charge in [-0.2, -0.15) is 0 Å². The highest BCUT2D eigenvalue weighted by Crippen LogP contribution is 2.21. The van der Waals surface area contributed by atoms with Gasteiger partial charge in [0.1, 0.15) is 6.54 Å². The third kappa shape index (κ3) is 5.07. The summed E-state index contributed by atoms with van der Waals surface area (Å²) in [5.41, 5.74) is 2.72. The molecule has 0 unspecified atom stereocenters. The molecular formula is C15H22N2O4. The number of amides is 2. The minimum Gasteiger partial charge on any atom is -0.480 e. The topological polar surface area (TPSA) is 78.9 Å². The third-order valence-corrected chi connectivity index (χ3v) is 3.15. The lowest BCUT2D eigenvalue weighted by atomic mass is 10.1. The number of hydrogen-bond donors (Lipinski definition) is 2. The van der Waals surface area contributed by atoms with Gasteiger partial charge in [-0.1, -0.05) is 25.1 Å². The van der Waals surface area contributed by atoms with Crippen LogP contribution in [0, 0.1) is 6.92 Å². The maximum absolute atomic E-state index is 12.3. The van der Waals surface area contributed by atoms with E-state index in [1.165, 1.54) is 12.0 Å². The fourth-order valence-corrected chi connectivity index (χ4v) is 2.01. The third-order valence-electron chi connectivity index (χ3n) is 3.15. The van der Waals surface area contributed by atoms with Gasteiger partial charge in [0.05, 0.1) is 6.61 Å². The second kappa shape index (κ2) is 8.26. The van der Waals surface area contributed by atoms with Gasteiger partial charge in [-0.3, -0.25) is 4.79 Å². The first-order valence-electron chi connectivity index (χ1n) is 6.84. The van der Waals surface area contributed by atoms with E-state index in [4.69, 9.17) is 9.84 Å². The molecule has 0 atom stereocenters. The zero-order valence-corrected chi connectivity index (χ0v) is 12.7. The quantitative estimate of drug-likeness (QED) is 0.807. The summed E-state index contributed by atoms with van der Waals surface area (Å²) in [4.78, 5) is 24.3. The number of nitrogens with zero attached hydrogens (tertiary/aromatic N) is 1. The van der Waals surface area contributed by atoms with Crippen LogP contribution >= 0.6 is 0 Å². The monoisotopic (exact) mass is 294 g/mol. The molecule has 2 N–H and O–H groups in total. The predicted molar refractivity (Wildman–Crippen MR) is 80.7 cm³/mol. The molecule has 0 aliphatic rings. The normalized spacial score (nSPS) is 10.2. The number of carboxylic acid groups (broad SMARTS) is 1. The zero-order valence-electron chi connectivity index (χ0n) is 12.7. The molecule has 6 nitrogen and oxygen atoms in total. The van der Waals surface area contributed by atoms with E-state index in [0.29, 0.717) is 0 Å². The number of nitrogens with one attached hydrogen (secondary N) is 1. The molecule has 0 heterocycles. The molecule has 0 saturated carbocycles. The molecular weight excluding hydrogens is 272 g/mol. The lowest BCUT2D eigenvalue weighted by Crippen LogP contribution is -2.41. The van der Waals surface area contributed by atoms with E-state index >= 15 is 0 Å². The number of carboxylic acids is 1. The lowest BCUT2D eigenvalue weighted by Gasteiger charge is -2.22. The van der Waals surface area contributed by atoms with Gasteiger partial charge in [-0.05, 0) is 24.5 Å². The van der Waals surface area contributed by atoms with E-state index in [9.17, 15) is 9.59 Å². The van der Waals surface area contributed by atoms with Crippen molar-refractivity contribution in [3.63, 3.8) is 0 Å². The van der Waals surface area contributed by atoms with Crippen LogP contribution in [0.15, 0.2) is 18.2 Å². The van der Waals surface area contributed by atoms with Crippen LogP contribution in [0.4, 0.5) is 10.5 Å². The van der Waals surface area contributed by atoms with E-state index in [2.05, 4.69) is 5.32 Å². The number of carbonyl (C=O) groups is 2. The Balaban J connectivity index is 2.88. The number of anilines is 1. The number of ether oxygens (including phenoxy) is 1. The van der Waals surface area contributed by atoms with Crippen molar-refractivity contribution in [2.24, 2.45) is 0 Å². The molecule has 0 bridgehead atoms. The second-order valence-corrected chi connectivity index (χ2v) is 4.70. The Hall–Kier alpha value is -2.08. The number of aliphatic carboxylic acids is 1. The summed E-state index contributed by atoms with van der Waals surface area (Å²) in [6.45, 7) is 4.06. The number of urea groups is 1. The van der Waals surface area contributed by atoms with Crippen LogP contribution in [0.3, 0.4) is 0 Å². The summed E-state index contributed by atoms with van der Waals surface area (Å²) in [6, 6.07) is 5.35. The fraction of sp³-hybridized carbons (Fsp3) is 0.467.